The SMILES string of the molecule is CCNC(CC1CCOCC1)C1CCCC(CC)C1. The van der Waals surface area contributed by atoms with Gasteiger partial charge in [-0.1, -0.05) is 33.1 Å². The van der Waals surface area contributed by atoms with Gasteiger partial charge in [0.2, 0.25) is 0 Å². The van der Waals surface area contributed by atoms with E-state index in [0.717, 1.165) is 43.6 Å². The van der Waals surface area contributed by atoms with Crippen LogP contribution >= 0.6 is 0 Å². The van der Waals surface area contributed by atoms with Crippen LogP contribution in [0.1, 0.15) is 65.2 Å². The Morgan fingerprint density at radius 2 is 1.84 bits per heavy atom. The molecule has 2 heteroatoms. The first-order valence-corrected chi connectivity index (χ1v) is 8.64. The van der Waals surface area contributed by atoms with Crippen molar-refractivity contribution in [3.8, 4) is 0 Å². The Morgan fingerprint density at radius 1 is 1.05 bits per heavy atom. The molecule has 1 aliphatic carbocycles. The first-order valence-electron chi connectivity index (χ1n) is 8.64. The summed E-state index contributed by atoms with van der Waals surface area (Å²) in [7, 11) is 0. The summed E-state index contributed by atoms with van der Waals surface area (Å²) in [5.74, 6) is 2.83. The van der Waals surface area contributed by atoms with Crippen molar-refractivity contribution in [1.29, 1.82) is 0 Å². The molecule has 0 spiro atoms. The van der Waals surface area contributed by atoms with Crippen LogP contribution < -0.4 is 5.32 Å². The monoisotopic (exact) mass is 267 g/mol. The van der Waals surface area contributed by atoms with Crippen molar-refractivity contribution in [3.05, 3.63) is 0 Å². The first-order chi connectivity index (χ1) is 9.33. The van der Waals surface area contributed by atoms with Gasteiger partial charge in [-0.2, -0.15) is 0 Å². The van der Waals surface area contributed by atoms with Gasteiger partial charge in [0, 0.05) is 19.3 Å². The molecule has 0 aromatic heterocycles. The zero-order chi connectivity index (χ0) is 13.5. The Hall–Kier alpha value is -0.0800. The van der Waals surface area contributed by atoms with Gasteiger partial charge < -0.3 is 10.1 Å². The number of hydrogen-bond acceptors (Lipinski definition) is 2. The molecule has 19 heavy (non-hydrogen) atoms. The maximum absolute atomic E-state index is 5.50. The molecule has 1 N–H and O–H groups in total. The van der Waals surface area contributed by atoms with Crippen LogP contribution in [0.25, 0.3) is 0 Å². The minimum absolute atomic E-state index is 0.766. The van der Waals surface area contributed by atoms with Crippen molar-refractivity contribution in [3.63, 3.8) is 0 Å². The van der Waals surface area contributed by atoms with E-state index in [0.29, 0.717) is 0 Å². The topological polar surface area (TPSA) is 21.3 Å². The molecule has 1 saturated heterocycles. The van der Waals surface area contributed by atoms with Crippen molar-refractivity contribution in [2.24, 2.45) is 17.8 Å². The summed E-state index contributed by atoms with van der Waals surface area (Å²) in [6.07, 6.45) is 11.2. The van der Waals surface area contributed by atoms with Crippen LogP contribution in [0.3, 0.4) is 0 Å². The van der Waals surface area contributed by atoms with Gasteiger partial charge in [-0.25, -0.2) is 0 Å². The van der Waals surface area contributed by atoms with E-state index < -0.39 is 0 Å². The van der Waals surface area contributed by atoms with Gasteiger partial charge in [-0.15, -0.1) is 0 Å². The van der Waals surface area contributed by atoms with E-state index in [1.807, 2.05) is 0 Å². The van der Waals surface area contributed by atoms with E-state index in [9.17, 15) is 0 Å². The third-order valence-corrected chi connectivity index (χ3v) is 5.36. The van der Waals surface area contributed by atoms with Crippen LogP contribution in [0, 0.1) is 17.8 Å². The van der Waals surface area contributed by atoms with Gasteiger partial charge in [-0.05, 0) is 56.4 Å². The Morgan fingerprint density at radius 3 is 2.53 bits per heavy atom. The maximum Gasteiger partial charge on any atom is 0.0468 e. The van der Waals surface area contributed by atoms with E-state index in [1.54, 1.807) is 0 Å². The highest BCUT2D eigenvalue weighted by Gasteiger charge is 2.29. The van der Waals surface area contributed by atoms with Crippen molar-refractivity contribution < 1.29 is 4.74 Å². The molecule has 2 rings (SSSR count). The summed E-state index contributed by atoms with van der Waals surface area (Å²) in [5, 5.41) is 3.80. The molecule has 0 aromatic carbocycles. The lowest BCUT2D eigenvalue weighted by Crippen LogP contribution is -2.40. The number of hydrogen-bond donors (Lipinski definition) is 1. The lowest BCUT2D eigenvalue weighted by atomic mass is 9.74. The van der Waals surface area contributed by atoms with Gasteiger partial charge in [0.05, 0.1) is 0 Å². The summed E-state index contributed by atoms with van der Waals surface area (Å²) < 4.78 is 5.50. The molecule has 1 saturated carbocycles. The van der Waals surface area contributed by atoms with Gasteiger partial charge >= 0.3 is 0 Å². The third kappa shape index (κ3) is 4.75. The predicted molar refractivity (Wildman–Crippen MR) is 81.4 cm³/mol. The fourth-order valence-corrected chi connectivity index (χ4v) is 4.11. The van der Waals surface area contributed by atoms with Crippen LogP contribution in [-0.2, 0) is 4.74 Å². The van der Waals surface area contributed by atoms with Crippen molar-refractivity contribution >= 4 is 0 Å². The van der Waals surface area contributed by atoms with E-state index in [4.69, 9.17) is 4.74 Å². The molecule has 2 fully saturated rings. The molecule has 112 valence electrons. The average molecular weight is 267 g/mol. The van der Waals surface area contributed by atoms with Crippen LogP contribution in [0.2, 0.25) is 0 Å². The number of ether oxygens (including phenoxy) is 1. The molecule has 0 bridgehead atoms. The largest absolute Gasteiger partial charge is 0.381 e. The van der Waals surface area contributed by atoms with Crippen molar-refractivity contribution in [2.45, 2.75) is 71.3 Å². The molecule has 2 nitrogen and oxygen atoms in total. The second-order valence-corrected chi connectivity index (χ2v) is 6.66. The summed E-state index contributed by atoms with van der Waals surface area (Å²) in [4.78, 5) is 0. The second-order valence-electron chi connectivity index (χ2n) is 6.66. The van der Waals surface area contributed by atoms with E-state index in [-0.39, 0.29) is 0 Å². The Bertz CT molecular complexity index is 237. The van der Waals surface area contributed by atoms with E-state index in [1.165, 1.54) is 51.4 Å². The molecule has 1 aliphatic heterocycles. The molecular weight excluding hydrogens is 234 g/mol. The van der Waals surface area contributed by atoms with Crippen LogP contribution in [0.15, 0.2) is 0 Å². The molecule has 0 amide bonds. The highest BCUT2D eigenvalue weighted by molar-refractivity contribution is 4.84. The molecule has 3 atom stereocenters. The zero-order valence-corrected chi connectivity index (χ0v) is 13.0. The fraction of sp³-hybridized carbons (Fsp3) is 1.00. The number of rotatable bonds is 6. The molecule has 0 aromatic rings. The highest BCUT2D eigenvalue weighted by Crippen LogP contribution is 2.35. The maximum atomic E-state index is 5.50. The van der Waals surface area contributed by atoms with Gasteiger partial charge in [0.15, 0.2) is 0 Å². The zero-order valence-electron chi connectivity index (χ0n) is 13.0. The summed E-state index contributed by atoms with van der Waals surface area (Å²) in [5.41, 5.74) is 0. The van der Waals surface area contributed by atoms with Crippen LogP contribution in [0.5, 0.6) is 0 Å². The normalized spacial score (nSPS) is 31.3. The summed E-state index contributed by atoms with van der Waals surface area (Å²) >= 11 is 0. The molecule has 0 radical (unpaired) electrons. The Balaban J connectivity index is 1.86. The second kappa shape index (κ2) is 8.26. The molecule has 3 unspecified atom stereocenters. The lowest BCUT2D eigenvalue weighted by molar-refractivity contribution is 0.0553. The van der Waals surface area contributed by atoms with Gasteiger partial charge in [0.1, 0.15) is 0 Å². The quantitative estimate of drug-likeness (QED) is 0.785. The average Bonchev–Trinajstić information content (AvgIpc) is 2.48. The van der Waals surface area contributed by atoms with Crippen molar-refractivity contribution in [2.75, 3.05) is 19.8 Å². The molecular formula is C17H33NO. The van der Waals surface area contributed by atoms with Crippen LogP contribution in [0.4, 0.5) is 0 Å². The summed E-state index contributed by atoms with van der Waals surface area (Å²) in [6.45, 7) is 7.74. The lowest BCUT2D eigenvalue weighted by Gasteiger charge is -2.37. The first kappa shape index (κ1) is 15.3. The smallest absolute Gasteiger partial charge is 0.0468 e. The minimum Gasteiger partial charge on any atom is -0.381 e. The Kier molecular flexibility index (Phi) is 6.66. The van der Waals surface area contributed by atoms with Gasteiger partial charge in [0.25, 0.3) is 0 Å². The van der Waals surface area contributed by atoms with Crippen LogP contribution in [-0.4, -0.2) is 25.8 Å². The van der Waals surface area contributed by atoms with E-state index >= 15 is 0 Å². The summed E-state index contributed by atoms with van der Waals surface area (Å²) in [6, 6.07) is 0.766. The van der Waals surface area contributed by atoms with Gasteiger partial charge in [-0.3, -0.25) is 0 Å². The van der Waals surface area contributed by atoms with Crippen molar-refractivity contribution in [1.82, 2.24) is 5.32 Å². The standard InChI is InChI=1S/C17H33NO/c1-3-14-6-5-7-16(12-14)17(18-4-2)13-15-8-10-19-11-9-15/h14-18H,3-13H2,1-2H3. The predicted octanol–water partition coefficient (Wildman–Crippen LogP) is 4.00. The number of nitrogens with one attached hydrogen (secondary N) is 1. The Labute approximate surface area is 119 Å². The fourth-order valence-electron chi connectivity index (χ4n) is 4.11. The molecule has 2 aliphatic rings. The third-order valence-electron chi connectivity index (χ3n) is 5.36. The van der Waals surface area contributed by atoms with E-state index in [2.05, 4.69) is 19.2 Å². The highest BCUT2D eigenvalue weighted by atomic mass is 16.5. The molecule has 1 heterocycles. The minimum atomic E-state index is 0.766.